The number of hydrogen-bond acceptors (Lipinski definition) is 5. The van der Waals surface area contributed by atoms with E-state index in [-0.39, 0.29) is 17.0 Å². The summed E-state index contributed by atoms with van der Waals surface area (Å²) < 4.78 is 10.9. The van der Waals surface area contributed by atoms with Crippen molar-refractivity contribution < 1.29 is 19.2 Å². The van der Waals surface area contributed by atoms with E-state index in [2.05, 4.69) is 5.32 Å². The van der Waals surface area contributed by atoms with Gasteiger partial charge in [0.05, 0.1) is 17.7 Å². The molecule has 0 atom stereocenters. The number of nitro groups is 1. The molecule has 0 heterocycles. The number of hydrogen-bond donors (Lipinski definition) is 1. The number of nitrogens with one attached hydrogen (secondary N) is 1. The number of anilines is 1. The van der Waals surface area contributed by atoms with Crippen molar-refractivity contribution >= 4 is 17.3 Å². The molecule has 0 saturated carbocycles. The standard InChI is InChI=1S/C22H20N2O5/c1-15-8-10-18(20(12-15)29-14-16-6-4-3-5-7-16)23-22(25)17-9-11-19(24(26)27)21(13-17)28-2/h3-13H,14H2,1-2H3,(H,23,25). The van der Waals surface area contributed by atoms with E-state index < -0.39 is 10.8 Å². The van der Waals surface area contributed by atoms with E-state index >= 15 is 0 Å². The van der Waals surface area contributed by atoms with E-state index in [1.807, 2.05) is 49.4 Å². The number of amides is 1. The first kappa shape index (κ1) is 19.9. The molecule has 3 rings (SSSR count). The third-order valence-corrected chi connectivity index (χ3v) is 4.26. The van der Waals surface area contributed by atoms with Crippen LogP contribution < -0.4 is 14.8 Å². The van der Waals surface area contributed by atoms with E-state index in [9.17, 15) is 14.9 Å². The molecule has 3 aromatic rings. The van der Waals surface area contributed by atoms with E-state index in [0.717, 1.165) is 11.1 Å². The van der Waals surface area contributed by atoms with Crippen LogP contribution in [0.1, 0.15) is 21.5 Å². The Hall–Kier alpha value is -3.87. The Bertz CT molecular complexity index is 1030. The summed E-state index contributed by atoms with van der Waals surface area (Å²) in [5.74, 6) is 0.134. The van der Waals surface area contributed by atoms with Crippen LogP contribution in [-0.4, -0.2) is 17.9 Å². The number of nitro benzene ring substituents is 1. The fraction of sp³-hybridized carbons (Fsp3) is 0.136. The molecule has 1 amide bonds. The normalized spacial score (nSPS) is 10.3. The number of methoxy groups -OCH3 is 1. The quantitative estimate of drug-likeness (QED) is 0.463. The van der Waals surface area contributed by atoms with Gasteiger partial charge in [0, 0.05) is 17.7 Å². The lowest BCUT2D eigenvalue weighted by Crippen LogP contribution is -2.13. The SMILES string of the molecule is COc1cc(C(=O)Nc2ccc(C)cc2OCc2ccccc2)ccc1[N+](=O)[O-]. The highest BCUT2D eigenvalue weighted by Crippen LogP contribution is 2.30. The minimum atomic E-state index is -0.560. The summed E-state index contributed by atoms with van der Waals surface area (Å²) >= 11 is 0. The zero-order valence-corrected chi connectivity index (χ0v) is 16.0. The fourth-order valence-corrected chi connectivity index (χ4v) is 2.75. The molecule has 0 saturated heterocycles. The smallest absolute Gasteiger partial charge is 0.310 e. The highest BCUT2D eigenvalue weighted by atomic mass is 16.6. The van der Waals surface area contributed by atoms with Crippen LogP contribution in [0.15, 0.2) is 66.7 Å². The lowest BCUT2D eigenvalue weighted by molar-refractivity contribution is -0.385. The number of carbonyl (C=O) groups is 1. The van der Waals surface area contributed by atoms with Crippen LogP contribution in [0.3, 0.4) is 0 Å². The molecule has 0 aliphatic rings. The van der Waals surface area contributed by atoms with Gasteiger partial charge in [-0.25, -0.2) is 0 Å². The van der Waals surface area contributed by atoms with E-state index in [4.69, 9.17) is 9.47 Å². The molecule has 0 radical (unpaired) electrons. The summed E-state index contributed by atoms with van der Waals surface area (Å²) in [6.07, 6.45) is 0. The van der Waals surface area contributed by atoms with E-state index in [1.54, 1.807) is 6.07 Å². The van der Waals surface area contributed by atoms with Gasteiger partial charge in [-0.05, 0) is 36.2 Å². The molecule has 3 aromatic carbocycles. The van der Waals surface area contributed by atoms with Gasteiger partial charge >= 0.3 is 5.69 Å². The summed E-state index contributed by atoms with van der Waals surface area (Å²) in [6.45, 7) is 2.29. The van der Waals surface area contributed by atoms with Crippen LogP contribution in [0.4, 0.5) is 11.4 Å². The number of nitrogens with zero attached hydrogens (tertiary/aromatic N) is 1. The van der Waals surface area contributed by atoms with Crippen LogP contribution in [0.2, 0.25) is 0 Å². The van der Waals surface area contributed by atoms with Gasteiger partial charge in [-0.2, -0.15) is 0 Å². The van der Waals surface area contributed by atoms with Gasteiger partial charge < -0.3 is 14.8 Å². The van der Waals surface area contributed by atoms with Gasteiger partial charge in [0.25, 0.3) is 5.91 Å². The molecule has 0 aliphatic carbocycles. The third-order valence-electron chi connectivity index (χ3n) is 4.26. The highest BCUT2D eigenvalue weighted by molar-refractivity contribution is 6.05. The largest absolute Gasteiger partial charge is 0.490 e. The Balaban J connectivity index is 1.80. The highest BCUT2D eigenvalue weighted by Gasteiger charge is 2.18. The summed E-state index contributed by atoms with van der Waals surface area (Å²) in [4.78, 5) is 23.1. The summed E-state index contributed by atoms with van der Waals surface area (Å²) in [5.41, 5.74) is 2.54. The topological polar surface area (TPSA) is 90.7 Å². The average molecular weight is 392 g/mol. The predicted octanol–water partition coefficient (Wildman–Crippen LogP) is 4.74. The Morgan fingerprint density at radius 1 is 1.03 bits per heavy atom. The van der Waals surface area contributed by atoms with Crippen molar-refractivity contribution in [2.24, 2.45) is 0 Å². The first-order chi connectivity index (χ1) is 14.0. The third kappa shape index (κ3) is 4.90. The molecular weight excluding hydrogens is 372 g/mol. The first-order valence-corrected chi connectivity index (χ1v) is 8.89. The van der Waals surface area contributed by atoms with Gasteiger partial charge in [0.1, 0.15) is 12.4 Å². The molecule has 0 unspecified atom stereocenters. The summed E-state index contributed by atoms with van der Waals surface area (Å²) in [7, 11) is 1.32. The molecule has 1 N–H and O–H groups in total. The second-order valence-corrected chi connectivity index (χ2v) is 6.37. The Morgan fingerprint density at radius 2 is 1.79 bits per heavy atom. The molecule has 0 aromatic heterocycles. The molecule has 0 bridgehead atoms. The average Bonchev–Trinajstić information content (AvgIpc) is 2.73. The van der Waals surface area contributed by atoms with Crippen molar-refractivity contribution in [1.82, 2.24) is 0 Å². The van der Waals surface area contributed by atoms with E-state index in [0.29, 0.717) is 18.0 Å². The van der Waals surface area contributed by atoms with Crippen molar-refractivity contribution in [2.45, 2.75) is 13.5 Å². The van der Waals surface area contributed by atoms with Gasteiger partial charge in [-0.15, -0.1) is 0 Å². The maximum Gasteiger partial charge on any atom is 0.310 e. The second-order valence-electron chi connectivity index (χ2n) is 6.37. The number of aryl methyl sites for hydroxylation is 1. The van der Waals surface area contributed by atoms with Crippen molar-refractivity contribution in [2.75, 3.05) is 12.4 Å². The van der Waals surface area contributed by atoms with E-state index in [1.165, 1.54) is 25.3 Å². The summed E-state index contributed by atoms with van der Waals surface area (Å²) in [6, 6.07) is 19.1. The fourth-order valence-electron chi connectivity index (χ4n) is 2.75. The number of benzene rings is 3. The number of carbonyl (C=O) groups excluding carboxylic acids is 1. The van der Waals surface area contributed by atoms with Crippen LogP contribution in [0.25, 0.3) is 0 Å². The van der Waals surface area contributed by atoms with Gasteiger partial charge in [-0.3, -0.25) is 14.9 Å². The molecular formula is C22H20N2O5. The first-order valence-electron chi connectivity index (χ1n) is 8.89. The zero-order valence-electron chi connectivity index (χ0n) is 16.0. The molecule has 148 valence electrons. The Labute approximate surface area is 168 Å². The Morgan fingerprint density at radius 3 is 2.48 bits per heavy atom. The second kappa shape index (κ2) is 8.88. The van der Waals surface area contributed by atoms with Crippen molar-refractivity contribution in [1.29, 1.82) is 0 Å². The predicted molar refractivity (Wildman–Crippen MR) is 110 cm³/mol. The molecule has 7 heteroatoms. The molecule has 0 fully saturated rings. The molecule has 0 spiro atoms. The summed E-state index contributed by atoms with van der Waals surface area (Å²) in [5, 5.41) is 13.8. The van der Waals surface area contributed by atoms with Gasteiger partial charge in [0.15, 0.2) is 5.75 Å². The number of rotatable bonds is 7. The van der Waals surface area contributed by atoms with Crippen molar-refractivity contribution in [3.63, 3.8) is 0 Å². The lowest BCUT2D eigenvalue weighted by Gasteiger charge is -2.14. The minimum absolute atomic E-state index is 0.0205. The molecule has 0 aliphatic heterocycles. The Kier molecular flexibility index (Phi) is 6.09. The molecule has 7 nitrogen and oxygen atoms in total. The maximum absolute atomic E-state index is 12.7. The van der Waals surface area contributed by atoms with Crippen molar-refractivity contribution in [3.05, 3.63) is 93.5 Å². The zero-order chi connectivity index (χ0) is 20.8. The lowest BCUT2D eigenvalue weighted by atomic mass is 10.1. The van der Waals surface area contributed by atoms with Crippen LogP contribution in [0.5, 0.6) is 11.5 Å². The van der Waals surface area contributed by atoms with Gasteiger partial charge in [0.2, 0.25) is 0 Å². The minimum Gasteiger partial charge on any atom is -0.490 e. The monoisotopic (exact) mass is 392 g/mol. The van der Waals surface area contributed by atoms with Crippen molar-refractivity contribution in [3.8, 4) is 11.5 Å². The van der Waals surface area contributed by atoms with Gasteiger partial charge in [-0.1, -0.05) is 36.4 Å². The van der Waals surface area contributed by atoms with Crippen LogP contribution in [-0.2, 0) is 6.61 Å². The number of ether oxygens (including phenoxy) is 2. The maximum atomic E-state index is 12.7. The van der Waals surface area contributed by atoms with Crippen LogP contribution in [0, 0.1) is 17.0 Å². The van der Waals surface area contributed by atoms with Crippen LogP contribution >= 0.6 is 0 Å². The molecule has 29 heavy (non-hydrogen) atoms.